The van der Waals surface area contributed by atoms with Crippen molar-refractivity contribution in [2.24, 2.45) is 0 Å². The highest BCUT2D eigenvalue weighted by molar-refractivity contribution is 9.10. The van der Waals surface area contributed by atoms with E-state index >= 15 is 0 Å². The molecule has 19 heavy (non-hydrogen) atoms. The van der Waals surface area contributed by atoms with Crippen LogP contribution in [0, 0.1) is 0 Å². The molecule has 0 bridgehead atoms. The molecule has 0 spiro atoms. The summed E-state index contributed by atoms with van der Waals surface area (Å²) in [6.45, 7) is 4.56. The van der Waals surface area contributed by atoms with Gasteiger partial charge in [-0.1, -0.05) is 28.9 Å². The maximum atomic E-state index is 9.64. The molecule has 2 N–H and O–H groups in total. The first kappa shape index (κ1) is 15.4. The number of thioether (sulfide) groups is 1. The lowest BCUT2D eigenvalue weighted by atomic mass is 9.97. The molecule has 0 heterocycles. The van der Waals surface area contributed by atoms with Crippen LogP contribution >= 0.6 is 27.7 Å². The predicted octanol–water partition coefficient (Wildman–Crippen LogP) is 3.82. The Morgan fingerprint density at radius 2 is 2.26 bits per heavy atom. The summed E-state index contributed by atoms with van der Waals surface area (Å²) in [4.78, 5) is 1.27. The summed E-state index contributed by atoms with van der Waals surface area (Å²) in [5, 5.41) is 13.7. The van der Waals surface area contributed by atoms with Crippen molar-refractivity contribution in [3.05, 3.63) is 28.7 Å². The first-order valence-corrected chi connectivity index (χ1v) is 8.49. The molecule has 2 unspecified atom stereocenters. The van der Waals surface area contributed by atoms with E-state index < -0.39 is 0 Å². The second-order valence-corrected chi connectivity index (χ2v) is 8.15. The van der Waals surface area contributed by atoms with Crippen LogP contribution in [-0.2, 0) is 0 Å². The van der Waals surface area contributed by atoms with Crippen LogP contribution in [0.4, 0.5) is 0 Å². The van der Waals surface area contributed by atoms with Gasteiger partial charge in [0.2, 0.25) is 0 Å². The third kappa shape index (κ3) is 5.10. The molecule has 1 aliphatic carbocycles. The van der Waals surface area contributed by atoms with Crippen molar-refractivity contribution in [2.45, 2.75) is 54.8 Å². The molecule has 2 nitrogen and oxygen atoms in total. The number of hydrogen-bond donors (Lipinski definition) is 2. The van der Waals surface area contributed by atoms with E-state index in [9.17, 15) is 5.11 Å². The Morgan fingerprint density at radius 3 is 2.84 bits per heavy atom. The molecule has 106 valence electrons. The molecule has 2 atom stereocenters. The predicted molar refractivity (Wildman–Crippen MR) is 85.7 cm³/mol. The zero-order valence-corrected chi connectivity index (χ0v) is 13.9. The van der Waals surface area contributed by atoms with Crippen molar-refractivity contribution in [2.75, 3.05) is 6.61 Å². The van der Waals surface area contributed by atoms with E-state index in [1.165, 1.54) is 17.7 Å². The lowest BCUT2D eigenvalue weighted by Gasteiger charge is -2.31. The van der Waals surface area contributed by atoms with Gasteiger partial charge in [0.25, 0.3) is 0 Å². The van der Waals surface area contributed by atoms with Crippen LogP contribution in [0.5, 0.6) is 0 Å². The third-order valence-corrected chi connectivity index (χ3v) is 4.94. The topological polar surface area (TPSA) is 32.3 Å². The zero-order valence-electron chi connectivity index (χ0n) is 11.5. The summed E-state index contributed by atoms with van der Waals surface area (Å²) >= 11 is 5.37. The van der Waals surface area contributed by atoms with Gasteiger partial charge >= 0.3 is 0 Å². The molecule has 0 radical (unpaired) electrons. The fourth-order valence-corrected chi connectivity index (χ4v) is 4.16. The number of halogens is 1. The van der Waals surface area contributed by atoms with Gasteiger partial charge in [0.05, 0.1) is 6.61 Å². The fraction of sp³-hybridized carbons (Fsp3) is 0.600. The minimum Gasteiger partial charge on any atom is -0.394 e. The Hall–Kier alpha value is -0.0300. The summed E-state index contributed by atoms with van der Waals surface area (Å²) < 4.78 is 1.12. The van der Waals surface area contributed by atoms with E-state index in [4.69, 9.17) is 0 Å². The van der Waals surface area contributed by atoms with E-state index in [0.29, 0.717) is 11.3 Å². The first-order valence-electron chi connectivity index (χ1n) is 6.81. The number of aliphatic hydroxyl groups excluding tert-OH is 1. The standard InChI is InChI=1S/C15H22BrNOS/c1-11(19-14-5-3-4-12(16)8-14)9-15(2,10-18)17-13-6-7-13/h3-5,8,11,13,17-18H,6-7,9-10H2,1-2H3. The van der Waals surface area contributed by atoms with Crippen molar-refractivity contribution in [3.63, 3.8) is 0 Å². The Labute approximate surface area is 128 Å². The van der Waals surface area contributed by atoms with Gasteiger partial charge in [0, 0.05) is 26.2 Å². The van der Waals surface area contributed by atoms with Crippen LogP contribution in [0.1, 0.15) is 33.1 Å². The normalized spacial score (nSPS) is 20.0. The number of aliphatic hydroxyl groups is 1. The molecular weight excluding hydrogens is 322 g/mol. The molecule has 0 amide bonds. The van der Waals surface area contributed by atoms with Gasteiger partial charge < -0.3 is 10.4 Å². The monoisotopic (exact) mass is 343 g/mol. The summed E-state index contributed by atoms with van der Waals surface area (Å²) in [5.74, 6) is 0. The van der Waals surface area contributed by atoms with Gasteiger partial charge in [-0.2, -0.15) is 0 Å². The highest BCUT2D eigenvalue weighted by atomic mass is 79.9. The lowest BCUT2D eigenvalue weighted by molar-refractivity contribution is 0.164. The molecule has 4 heteroatoms. The van der Waals surface area contributed by atoms with Gasteiger partial charge in [-0.15, -0.1) is 11.8 Å². The van der Waals surface area contributed by atoms with Crippen LogP contribution in [0.2, 0.25) is 0 Å². The van der Waals surface area contributed by atoms with Gasteiger partial charge in [0.1, 0.15) is 0 Å². The smallest absolute Gasteiger partial charge is 0.0611 e. The van der Waals surface area contributed by atoms with Crippen LogP contribution in [0.25, 0.3) is 0 Å². The zero-order chi connectivity index (χ0) is 13.9. The largest absolute Gasteiger partial charge is 0.394 e. The second kappa shape index (κ2) is 6.61. The van der Waals surface area contributed by atoms with E-state index in [-0.39, 0.29) is 12.1 Å². The molecular formula is C15H22BrNOS. The fourth-order valence-electron chi connectivity index (χ4n) is 2.34. The molecule has 2 rings (SSSR count). The van der Waals surface area contributed by atoms with Crippen molar-refractivity contribution in [3.8, 4) is 0 Å². The maximum absolute atomic E-state index is 9.64. The maximum Gasteiger partial charge on any atom is 0.0611 e. The van der Waals surface area contributed by atoms with Crippen molar-refractivity contribution < 1.29 is 5.11 Å². The Bertz CT molecular complexity index is 424. The van der Waals surface area contributed by atoms with E-state index in [1.807, 2.05) is 17.8 Å². The van der Waals surface area contributed by atoms with Gasteiger partial charge in [-0.3, -0.25) is 0 Å². The quantitative estimate of drug-likeness (QED) is 0.738. The van der Waals surface area contributed by atoms with Crippen molar-refractivity contribution in [1.29, 1.82) is 0 Å². The van der Waals surface area contributed by atoms with Crippen LogP contribution in [-0.4, -0.2) is 28.5 Å². The van der Waals surface area contributed by atoms with E-state index in [2.05, 4.69) is 53.3 Å². The number of benzene rings is 1. The molecule has 1 aliphatic rings. The highest BCUT2D eigenvalue weighted by Crippen LogP contribution is 2.32. The Balaban J connectivity index is 1.89. The number of hydrogen-bond acceptors (Lipinski definition) is 3. The van der Waals surface area contributed by atoms with Crippen molar-refractivity contribution >= 4 is 27.7 Å². The number of rotatable bonds is 7. The summed E-state index contributed by atoms with van der Waals surface area (Å²) in [7, 11) is 0. The summed E-state index contributed by atoms with van der Waals surface area (Å²) in [5.41, 5.74) is -0.153. The molecule has 1 aromatic carbocycles. The lowest BCUT2D eigenvalue weighted by Crippen LogP contribution is -2.48. The molecule has 1 saturated carbocycles. The minimum absolute atomic E-state index is 0.153. The Morgan fingerprint density at radius 1 is 1.53 bits per heavy atom. The average Bonchev–Trinajstić information content (AvgIpc) is 3.12. The van der Waals surface area contributed by atoms with Crippen LogP contribution in [0.3, 0.4) is 0 Å². The molecule has 1 aromatic rings. The minimum atomic E-state index is -0.153. The third-order valence-electron chi connectivity index (χ3n) is 3.35. The van der Waals surface area contributed by atoms with Gasteiger partial charge in [-0.05, 0) is 44.4 Å². The number of nitrogens with one attached hydrogen (secondary N) is 1. The molecule has 0 aliphatic heterocycles. The summed E-state index contributed by atoms with van der Waals surface area (Å²) in [6, 6.07) is 9.01. The van der Waals surface area contributed by atoms with Crippen LogP contribution in [0.15, 0.2) is 33.6 Å². The van der Waals surface area contributed by atoms with E-state index in [0.717, 1.165) is 10.9 Å². The molecule has 1 fully saturated rings. The van der Waals surface area contributed by atoms with E-state index in [1.54, 1.807) is 0 Å². The van der Waals surface area contributed by atoms with Crippen LogP contribution < -0.4 is 5.32 Å². The second-order valence-electron chi connectivity index (χ2n) is 5.73. The SMILES string of the molecule is CC(CC(C)(CO)NC1CC1)Sc1cccc(Br)c1. The first-order chi connectivity index (χ1) is 9.00. The molecule has 0 saturated heterocycles. The highest BCUT2D eigenvalue weighted by Gasteiger charge is 2.33. The summed E-state index contributed by atoms with van der Waals surface area (Å²) in [6.07, 6.45) is 3.47. The van der Waals surface area contributed by atoms with Gasteiger partial charge in [0.15, 0.2) is 0 Å². The average molecular weight is 344 g/mol. The Kier molecular flexibility index (Phi) is 5.35. The van der Waals surface area contributed by atoms with Crippen molar-refractivity contribution in [1.82, 2.24) is 5.32 Å². The van der Waals surface area contributed by atoms with Gasteiger partial charge in [-0.25, -0.2) is 0 Å². The molecule has 0 aromatic heterocycles.